The van der Waals surface area contributed by atoms with E-state index in [4.69, 9.17) is 4.74 Å². The van der Waals surface area contributed by atoms with Crippen LogP contribution < -0.4 is 10.1 Å². The second-order valence-corrected chi connectivity index (χ2v) is 5.04. The fourth-order valence-electron chi connectivity index (χ4n) is 2.15. The van der Waals surface area contributed by atoms with Gasteiger partial charge in [-0.05, 0) is 45.5 Å². The number of hydrogen-bond donors (Lipinski definition) is 1. The summed E-state index contributed by atoms with van der Waals surface area (Å²) < 4.78 is 19.9. The SMILES string of the molecule is CNC(C)c1cccc(F)c1Oc1ccc(C)cc1C. The van der Waals surface area contributed by atoms with Crippen LogP contribution in [0.2, 0.25) is 0 Å². The maximum absolute atomic E-state index is 14.1. The molecule has 0 aliphatic carbocycles. The van der Waals surface area contributed by atoms with Crippen LogP contribution in [0.25, 0.3) is 0 Å². The van der Waals surface area contributed by atoms with Gasteiger partial charge in [0.05, 0.1) is 0 Å². The number of halogens is 1. The predicted octanol–water partition coefficient (Wildman–Crippen LogP) is 4.52. The van der Waals surface area contributed by atoms with Crippen molar-refractivity contribution in [3.8, 4) is 11.5 Å². The smallest absolute Gasteiger partial charge is 0.167 e. The molecule has 0 saturated heterocycles. The third kappa shape index (κ3) is 2.99. The monoisotopic (exact) mass is 273 g/mol. The second kappa shape index (κ2) is 6.06. The molecule has 0 amide bonds. The molecule has 2 aromatic carbocycles. The zero-order valence-electron chi connectivity index (χ0n) is 12.3. The lowest BCUT2D eigenvalue weighted by molar-refractivity contribution is 0.426. The van der Waals surface area contributed by atoms with Crippen LogP contribution in [-0.4, -0.2) is 7.05 Å². The van der Waals surface area contributed by atoms with E-state index in [-0.39, 0.29) is 11.9 Å². The van der Waals surface area contributed by atoms with Crippen molar-refractivity contribution in [1.29, 1.82) is 0 Å². The standard InChI is InChI=1S/C17H20FNO/c1-11-8-9-16(12(2)10-11)20-17-14(13(3)19-4)6-5-7-15(17)18/h5-10,13,19H,1-4H3. The minimum absolute atomic E-state index is 0.0199. The van der Waals surface area contributed by atoms with Gasteiger partial charge in [-0.15, -0.1) is 0 Å². The van der Waals surface area contributed by atoms with Gasteiger partial charge < -0.3 is 10.1 Å². The molecule has 20 heavy (non-hydrogen) atoms. The second-order valence-electron chi connectivity index (χ2n) is 5.04. The molecule has 0 aliphatic heterocycles. The molecule has 0 aromatic heterocycles. The van der Waals surface area contributed by atoms with Gasteiger partial charge in [-0.3, -0.25) is 0 Å². The fraction of sp³-hybridized carbons (Fsp3) is 0.294. The van der Waals surface area contributed by atoms with Crippen molar-refractivity contribution in [1.82, 2.24) is 5.32 Å². The van der Waals surface area contributed by atoms with Gasteiger partial charge in [-0.25, -0.2) is 4.39 Å². The van der Waals surface area contributed by atoms with Crippen molar-refractivity contribution < 1.29 is 9.13 Å². The van der Waals surface area contributed by atoms with E-state index >= 15 is 0 Å². The summed E-state index contributed by atoms with van der Waals surface area (Å²) in [5.41, 5.74) is 2.97. The van der Waals surface area contributed by atoms with E-state index in [1.54, 1.807) is 6.07 Å². The van der Waals surface area contributed by atoms with Gasteiger partial charge >= 0.3 is 0 Å². The summed E-state index contributed by atoms with van der Waals surface area (Å²) in [7, 11) is 1.84. The number of aryl methyl sites for hydroxylation is 2. The van der Waals surface area contributed by atoms with Crippen molar-refractivity contribution in [2.45, 2.75) is 26.8 Å². The Morgan fingerprint density at radius 2 is 1.90 bits per heavy atom. The number of para-hydroxylation sites is 1. The molecule has 2 nitrogen and oxygen atoms in total. The molecule has 106 valence electrons. The molecule has 1 atom stereocenters. The van der Waals surface area contributed by atoms with Crippen molar-refractivity contribution >= 4 is 0 Å². The lowest BCUT2D eigenvalue weighted by atomic mass is 10.1. The first kappa shape index (κ1) is 14.5. The lowest BCUT2D eigenvalue weighted by Gasteiger charge is -2.18. The van der Waals surface area contributed by atoms with Crippen LogP contribution in [0.4, 0.5) is 4.39 Å². The van der Waals surface area contributed by atoms with Crippen LogP contribution in [0.3, 0.4) is 0 Å². The van der Waals surface area contributed by atoms with Crippen LogP contribution in [0.1, 0.15) is 29.7 Å². The van der Waals surface area contributed by atoms with Gasteiger partial charge in [0.1, 0.15) is 5.75 Å². The molecule has 2 aromatic rings. The zero-order valence-corrected chi connectivity index (χ0v) is 12.3. The first-order valence-corrected chi connectivity index (χ1v) is 6.73. The van der Waals surface area contributed by atoms with Gasteiger partial charge in [0.15, 0.2) is 11.6 Å². The van der Waals surface area contributed by atoms with Crippen molar-refractivity contribution in [2.75, 3.05) is 7.05 Å². The Morgan fingerprint density at radius 3 is 2.55 bits per heavy atom. The zero-order chi connectivity index (χ0) is 14.7. The highest BCUT2D eigenvalue weighted by Gasteiger charge is 2.16. The first-order chi connectivity index (χ1) is 9.52. The van der Waals surface area contributed by atoms with Crippen LogP contribution >= 0.6 is 0 Å². The Balaban J connectivity index is 2.42. The van der Waals surface area contributed by atoms with E-state index < -0.39 is 0 Å². The molecule has 0 aliphatic rings. The molecule has 0 heterocycles. The molecule has 1 unspecified atom stereocenters. The molecule has 3 heteroatoms. The topological polar surface area (TPSA) is 21.3 Å². The molecule has 0 spiro atoms. The van der Waals surface area contributed by atoms with Gasteiger partial charge in [-0.2, -0.15) is 0 Å². The highest BCUT2D eigenvalue weighted by Crippen LogP contribution is 2.33. The molecular weight excluding hydrogens is 253 g/mol. The van der Waals surface area contributed by atoms with Crippen LogP contribution in [-0.2, 0) is 0 Å². The minimum atomic E-state index is -0.343. The Bertz CT molecular complexity index is 610. The van der Waals surface area contributed by atoms with Gasteiger partial charge in [0, 0.05) is 11.6 Å². The van der Waals surface area contributed by atoms with E-state index in [0.29, 0.717) is 11.5 Å². The molecule has 0 saturated carbocycles. The Hall–Kier alpha value is -1.87. The summed E-state index contributed by atoms with van der Waals surface area (Å²) in [6.45, 7) is 5.96. The molecular formula is C17H20FNO. The Kier molecular flexibility index (Phi) is 4.40. The van der Waals surface area contributed by atoms with E-state index in [1.807, 2.05) is 52.1 Å². The lowest BCUT2D eigenvalue weighted by Crippen LogP contribution is -2.13. The number of nitrogens with one attached hydrogen (secondary N) is 1. The fourth-order valence-corrected chi connectivity index (χ4v) is 2.15. The summed E-state index contributed by atoms with van der Waals surface area (Å²) in [5.74, 6) is 0.635. The summed E-state index contributed by atoms with van der Waals surface area (Å²) in [4.78, 5) is 0. The third-order valence-corrected chi connectivity index (χ3v) is 3.44. The van der Waals surface area contributed by atoms with E-state index in [2.05, 4.69) is 5.32 Å². The summed E-state index contributed by atoms with van der Waals surface area (Å²) in [5, 5.41) is 3.11. The highest BCUT2D eigenvalue weighted by atomic mass is 19.1. The number of rotatable bonds is 4. The molecule has 0 fully saturated rings. The van der Waals surface area contributed by atoms with Crippen LogP contribution in [0.5, 0.6) is 11.5 Å². The Morgan fingerprint density at radius 1 is 1.15 bits per heavy atom. The van der Waals surface area contributed by atoms with Gasteiger partial charge in [0.25, 0.3) is 0 Å². The maximum atomic E-state index is 14.1. The van der Waals surface area contributed by atoms with E-state index in [0.717, 1.165) is 16.7 Å². The van der Waals surface area contributed by atoms with Crippen molar-refractivity contribution in [2.24, 2.45) is 0 Å². The normalized spacial score (nSPS) is 12.2. The maximum Gasteiger partial charge on any atom is 0.167 e. The molecule has 1 N–H and O–H groups in total. The average molecular weight is 273 g/mol. The van der Waals surface area contributed by atoms with Crippen LogP contribution in [0, 0.1) is 19.7 Å². The average Bonchev–Trinajstić information content (AvgIpc) is 2.42. The van der Waals surface area contributed by atoms with Gasteiger partial charge in [-0.1, -0.05) is 29.8 Å². The van der Waals surface area contributed by atoms with Crippen molar-refractivity contribution in [3.63, 3.8) is 0 Å². The third-order valence-electron chi connectivity index (χ3n) is 3.44. The van der Waals surface area contributed by atoms with Crippen molar-refractivity contribution in [3.05, 3.63) is 58.9 Å². The highest BCUT2D eigenvalue weighted by molar-refractivity contribution is 5.44. The summed E-state index contributed by atoms with van der Waals surface area (Å²) >= 11 is 0. The number of hydrogen-bond acceptors (Lipinski definition) is 2. The Labute approximate surface area is 119 Å². The van der Waals surface area contributed by atoms with E-state index in [1.165, 1.54) is 6.07 Å². The predicted molar refractivity (Wildman–Crippen MR) is 79.9 cm³/mol. The minimum Gasteiger partial charge on any atom is -0.454 e. The molecule has 2 rings (SSSR count). The molecule has 0 bridgehead atoms. The summed E-state index contributed by atoms with van der Waals surface area (Å²) in [6.07, 6.45) is 0. The number of benzene rings is 2. The van der Waals surface area contributed by atoms with Crippen LogP contribution in [0.15, 0.2) is 36.4 Å². The largest absolute Gasteiger partial charge is 0.454 e. The van der Waals surface area contributed by atoms with Gasteiger partial charge in [0.2, 0.25) is 0 Å². The number of ether oxygens (including phenoxy) is 1. The molecule has 0 radical (unpaired) electrons. The quantitative estimate of drug-likeness (QED) is 0.884. The summed E-state index contributed by atoms with van der Waals surface area (Å²) in [6, 6.07) is 10.9. The van der Waals surface area contributed by atoms with E-state index in [9.17, 15) is 4.39 Å². The first-order valence-electron chi connectivity index (χ1n) is 6.73.